The molecule has 1 aromatic carbocycles. The summed E-state index contributed by atoms with van der Waals surface area (Å²) >= 11 is 0. The van der Waals surface area contributed by atoms with Gasteiger partial charge in [0.05, 0.1) is 5.56 Å². The number of terminal acetylenes is 1. The van der Waals surface area contributed by atoms with Gasteiger partial charge < -0.3 is 16.2 Å². The van der Waals surface area contributed by atoms with Crippen LogP contribution in [-0.4, -0.2) is 12.5 Å². The maximum atomic E-state index is 11.4. The standard InChI is InChI=1S/C14H18N2O2/c1-3-5-6-10-8-11(15)9-12(14(16)17)13(10)18-7-4-2/h2,8-9H,3,5-7,15H2,1H3,(H2,16,17). The van der Waals surface area contributed by atoms with Gasteiger partial charge in [0.1, 0.15) is 12.4 Å². The van der Waals surface area contributed by atoms with E-state index in [0.717, 1.165) is 24.8 Å². The lowest BCUT2D eigenvalue weighted by Gasteiger charge is -2.14. The highest BCUT2D eigenvalue weighted by Crippen LogP contribution is 2.28. The van der Waals surface area contributed by atoms with Crippen LogP contribution in [0.4, 0.5) is 5.69 Å². The number of carbonyl (C=O) groups excluding carboxylic acids is 1. The largest absolute Gasteiger partial charge is 0.480 e. The number of benzene rings is 1. The maximum absolute atomic E-state index is 11.4. The molecule has 18 heavy (non-hydrogen) atoms. The van der Waals surface area contributed by atoms with Crippen LogP contribution >= 0.6 is 0 Å². The molecule has 0 aliphatic carbocycles. The van der Waals surface area contributed by atoms with Gasteiger partial charge in [0.15, 0.2) is 0 Å². The number of anilines is 1. The molecule has 0 spiro atoms. The van der Waals surface area contributed by atoms with Crippen LogP contribution in [0.1, 0.15) is 35.7 Å². The van der Waals surface area contributed by atoms with Gasteiger partial charge >= 0.3 is 0 Å². The molecule has 0 fully saturated rings. The van der Waals surface area contributed by atoms with E-state index in [-0.39, 0.29) is 12.2 Å². The average Bonchev–Trinajstić information content (AvgIpc) is 2.34. The maximum Gasteiger partial charge on any atom is 0.252 e. The monoisotopic (exact) mass is 246 g/mol. The zero-order valence-corrected chi connectivity index (χ0v) is 10.5. The second-order valence-electron chi connectivity index (χ2n) is 4.02. The molecular formula is C14H18N2O2. The molecule has 0 aliphatic rings. The summed E-state index contributed by atoms with van der Waals surface area (Å²) in [5.41, 5.74) is 12.8. The Kier molecular flexibility index (Phi) is 5.06. The first-order valence-electron chi connectivity index (χ1n) is 5.88. The summed E-state index contributed by atoms with van der Waals surface area (Å²) in [7, 11) is 0. The van der Waals surface area contributed by atoms with Crippen LogP contribution in [0.25, 0.3) is 0 Å². The Bertz CT molecular complexity index is 475. The number of hydrogen-bond donors (Lipinski definition) is 2. The van der Waals surface area contributed by atoms with Crippen LogP contribution in [0.5, 0.6) is 5.75 Å². The molecule has 4 N–H and O–H groups in total. The first-order chi connectivity index (χ1) is 8.60. The van der Waals surface area contributed by atoms with Crippen molar-refractivity contribution >= 4 is 11.6 Å². The minimum Gasteiger partial charge on any atom is -0.480 e. The molecule has 0 aliphatic heterocycles. The molecule has 0 aromatic heterocycles. The molecule has 1 rings (SSSR count). The van der Waals surface area contributed by atoms with E-state index < -0.39 is 5.91 Å². The van der Waals surface area contributed by atoms with Crippen molar-refractivity contribution in [2.75, 3.05) is 12.3 Å². The van der Waals surface area contributed by atoms with Gasteiger partial charge in [0.2, 0.25) is 0 Å². The fourth-order valence-corrected chi connectivity index (χ4v) is 1.73. The zero-order chi connectivity index (χ0) is 13.5. The molecular weight excluding hydrogens is 228 g/mol. The third-order valence-electron chi connectivity index (χ3n) is 2.55. The first kappa shape index (κ1) is 13.9. The van der Waals surface area contributed by atoms with Crippen molar-refractivity contribution in [2.45, 2.75) is 26.2 Å². The normalized spacial score (nSPS) is 9.78. The first-order valence-corrected chi connectivity index (χ1v) is 5.88. The topological polar surface area (TPSA) is 78.3 Å². The van der Waals surface area contributed by atoms with Crippen LogP contribution in [0.15, 0.2) is 12.1 Å². The number of nitrogens with two attached hydrogens (primary N) is 2. The summed E-state index contributed by atoms with van der Waals surface area (Å²) in [6.07, 6.45) is 7.96. The Labute approximate surface area is 107 Å². The molecule has 4 nitrogen and oxygen atoms in total. The summed E-state index contributed by atoms with van der Waals surface area (Å²) in [6, 6.07) is 3.32. The van der Waals surface area contributed by atoms with Crippen LogP contribution in [0.3, 0.4) is 0 Å². The molecule has 1 amide bonds. The third kappa shape index (κ3) is 3.42. The Hall–Kier alpha value is -2.15. The van der Waals surface area contributed by atoms with Crippen molar-refractivity contribution in [2.24, 2.45) is 5.73 Å². The molecule has 4 heteroatoms. The minimum absolute atomic E-state index is 0.101. The number of carbonyl (C=O) groups is 1. The van der Waals surface area contributed by atoms with Gasteiger partial charge in [-0.25, -0.2) is 0 Å². The van der Waals surface area contributed by atoms with Crippen LogP contribution < -0.4 is 16.2 Å². The lowest BCUT2D eigenvalue weighted by atomic mass is 10.0. The van der Waals surface area contributed by atoms with E-state index in [0.29, 0.717) is 11.4 Å². The smallest absolute Gasteiger partial charge is 0.252 e. The van der Waals surface area contributed by atoms with Crippen molar-refractivity contribution in [3.8, 4) is 18.1 Å². The average molecular weight is 246 g/mol. The number of ether oxygens (including phenoxy) is 1. The highest BCUT2D eigenvalue weighted by Gasteiger charge is 2.15. The third-order valence-corrected chi connectivity index (χ3v) is 2.55. The molecule has 1 aromatic rings. The summed E-state index contributed by atoms with van der Waals surface area (Å²) < 4.78 is 5.44. The minimum atomic E-state index is -0.563. The Balaban J connectivity index is 3.19. The second kappa shape index (κ2) is 6.55. The Morgan fingerprint density at radius 2 is 2.22 bits per heavy atom. The molecule has 0 radical (unpaired) electrons. The fourth-order valence-electron chi connectivity index (χ4n) is 1.73. The van der Waals surface area contributed by atoms with Gasteiger partial charge in [-0.2, -0.15) is 0 Å². The van der Waals surface area contributed by atoms with E-state index in [1.54, 1.807) is 6.07 Å². The zero-order valence-electron chi connectivity index (χ0n) is 10.5. The number of rotatable bonds is 6. The number of primary amides is 1. The second-order valence-corrected chi connectivity index (χ2v) is 4.02. The highest BCUT2D eigenvalue weighted by molar-refractivity contribution is 5.97. The quantitative estimate of drug-likeness (QED) is 0.592. The van der Waals surface area contributed by atoms with Crippen LogP contribution in [-0.2, 0) is 6.42 Å². The van der Waals surface area contributed by atoms with Crippen molar-refractivity contribution in [3.05, 3.63) is 23.3 Å². The summed E-state index contributed by atoms with van der Waals surface area (Å²) in [5, 5.41) is 0. The summed E-state index contributed by atoms with van der Waals surface area (Å²) in [6.45, 7) is 2.19. The van der Waals surface area contributed by atoms with Crippen molar-refractivity contribution in [1.29, 1.82) is 0 Å². The summed E-state index contributed by atoms with van der Waals surface area (Å²) in [5.74, 6) is 2.27. The molecule has 96 valence electrons. The lowest BCUT2D eigenvalue weighted by Crippen LogP contribution is -2.15. The van der Waals surface area contributed by atoms with E-state index in [2.05, 4.69) is 12.8 Å². The van der Waals surface area contributed by atoms with Gasteiger partial charge in [-0.15, -0.1) is 6.42 Å². The predicted molar refractivity (Wildman–Crippen MR) is 72.3 cm³/mol. The highest BCUT2D eigenvalue weighted by atomic mass is 16.5. The van der Waals surface area contributed by atoms with E-state index in [1.807, 2.05) is 0 Å². The fraction of sp³-hybridized carbons (Fsp3) is 0.357. The van der Waals surface area contributed by atoms with Gasteiger partial charge in [0.25, 0.3) is 5.91 Å². The number of unbranched alkanes of at least 4 members (excludes halogenated alkanes) is 1. The number of amides is 1. The number of nitrogen functional groups attached to an aromatic ring is 1. The van der Waals surface area contributed by atoms with E-state index >= 15 is 0 Å². The molecule has 0 unspecified atom stereocenters. The molecule has 0 heterocycles. The van der Waals surface area contributed by atoms with Crippen LogP contribution in [0.2, 0.25) is 0 Å². The summed E-state index contributed by atoms with van der Waals surface area (Å²) in [4.78, 5) is 11.4. The van der Waals surface area contributed by atoms with Gasteiger partial charge in [-0.05, 0) is 30.5 Å². The van der Waals surface area contributed by atoms with E-state index in [9.17, 15) is 4.79 Å². The van der Waals surface area contributed by atoms with Crippen molar-refractivity contribution in [1.82, 2.24) is 0 Å². The SMILES string of the molecule is C#CCOc1c(CCCC)cc(N)cc1C(N)=O. The Morgan fingerprint density at radius 3 is 2.78 bits per heavy atom. The molecule has 0 saturated carbocycles. The lowest BCUT2D eigenvalue weighted by molar-refractivity contribution is 0.0997. The number of aryl methyl sites for hydroxylation is 1. The predicted octanol–water partition coefficient (Wildman–Crippen LogP) is 1.72. The van der Waals surface area contributed by atoms with Crippen molar-refractivity contribution in [3.63, 3.8) is 0 Å². The van der Waals surface area contributed by atoms with Gasteiger partial charge in [-0.3, -0.25) is 4.79 Å². The number of hydrogen-bond acceptors (Lipinski definition) is 3. The van der Waals surface area contributed by atoms with Gasteiger partial charge in [0, 0.05) is 5.69 Å². The molecule has 0 bridgehead atoms. The van der Waals surface area contributed by atoms with Crippen LogP contribution in [0, 0.1) is 12.3 Å². The molecule has 0 atom stereocenters. The van der Waals surface area contributed by atoms with Crippen molar-refractivity contribution < 1.29 is 9.53 Å². The van der Waals surface area contributed by atoms with E-state index in [4.69, 9.17) is 22.6 Å². The Morgan fingerprint density at radius 1 is 1.50 bits per heavy atom. The van der Waals surface area contributed by atoms with Gasteiger partial charge in [-0.1, -0.05) is 19.3 Å². The van der Waals surface area contributed by atoms with E-state index in [1.165, 1.54) is 6.07 Å². The molecule has 0 saturated heterocycles.